The van der Waals surface area contributed by atoms with Gasteiger partial charge in [0.2, 0.25) is 0 Å². The Balaban J connectivity index is 1.47. The van der Waals surface area contributed by atoms with Crippen molar-refractivity contribution in [2.45, 2.75) is 19.8 Å². The van der Waals surface area contributed by atoms with Crippen LogP contribution in [0.15, 0.2) is 30.9 Å². The molecule has 2 aromatic heterocycles. The molecule has 5 nitrogen and oxygen atoms in total. The standard InChI is InChI=1S/C18H22ClN5/c1-12(2)16-5-18(22-11-21-16)24-9-13-7-23(8-14(13)10-24)17-3-4-20-6-15(17)19/h3-6,11-14H,7-10H2,1-2H3. The fraction of sp³-hybridized carbons (Fsp3) is 0.500. The van der Waals surface area contributed by atoms with Crippen LogP contribution in [-0.4, -0.2) is 41.1 Å². The topological polar surface area (TPSA) is 45.2 Å². The van der Waals surface area contributed by atoms with Crippen molar-refractivity contribution in [1.82, 2.24) is 15.0 Å². The summed E-state index contributed by atoms with van der Waals surface area (Å²) in [5, 5.41) is 0.742. The van der Waals surface area contributed by atoms with Gasteiger partial charge < -0.3 is 9.80 Å². The molecule has 2 unspecified atom stereocenters. The van der Waals surface area contributed by atoms with Crippen molar-refractivity contribution in [2.75, 3.05) is 36.0 Å². The van der Waals surface area contributed by atoms with E-state index in [0.717, 1.165) is 48.4 Å². The summed E-state index contributed by atoms with van der Waals surface area (Å²) >= 11 is 6.30. The van der Waals surface area contributed by atoms with E-state index in [4.69, 9.17) is 11.6 Å². The van der Waals surface area contributed by atoms with Gasteiger partial charge in [-0.3, -0.25) is 4.98 Å². The highest BCUT2D eigenvalue weighted by atomic mass is 35.5. The molecule has 0 N–H and O–H groups in total. The zero-order valence-electron chi connectivity index (χ0n) is 14.1. The first-order valence-electron chi connectivity index (χ1n) is 8.53. The van der Waals surface area contributed by atoms with E-state index < -0.39 is 0 Å². The molecule has 2 aliphatic rings. The third-order valence-corrected chi connectivity index (χ3v) is 5.46. The summed E-state index contributed by atoms with van der Waals surface area (Å²) in [7, 11) is 0. The first-order chi connectivity index (χ1) is 11.6. The summed E-state index contributed by atoms with van der Waals surface area (Å²) in [4.78, 5) is 17.8. The van der Waals surface area contributed by atoms with E-state index in [9.17, 15) is 0 Å². The summed E-state index contributed by atoms with van der Waals surface area (Å²) in [5.74, 6) is 2.81. The van der Waals surface area contributed by atoms with Crippen LogP contribution in [0, 0.1) is 11.8 Å². The average Bonchev–Trinajstić information content (AvgIpc) is 3.14. The summed E-state index contributed by atoms with van der Waals surface area (Å²) in [5.41, 5.74) is 2.22. The highest BCUT2D eigenvalue weighted by Crippen LogP contribution is 2.37. The lowest BCUT2D eigenvalue weighted by atomic mass is 10.0. The molecule has 2 aromatic rings. The van der Waals surface area contributed by atoms with Gasteiger partial charge >= 0.3 is 0 Å². The number of nitrogens with zero attached hydrogens (tertiary/aromatic N) is 5. The van der Waals surface area contributed by atoms with Crippen LogP contribution in [0.4, 0.5) is 11.5 Å². The predicted octanol–water partition coefficient (Wildman–Crippen LogP) is 3.22. The molecule has 0 saturated carbocycles. The monoisotopic (exact) mass is 343 g/mol. The smallest absolute Gasteiger partial charge is 0.132 e. The van der Waals surface area contributed by atoms with Crippen molar-refractivity contribution in [2.24, 2.45) is 11.8 Å². The summed E-state index contributed by atoms with van der Waals surface area (Å²) in [6.45, 7) is 8.54. The van der Waals surface area contributed by atoms with Gasteiger partial charge in [0.05, 0.1) is 10.7 Å². The van der Waals surface area contributed by atoms with Crippen molar-refractivity contribution in [1.29, 1.82) is 0 Å². The molecule has 24 heavy (non-hydrogen) atoms. The minimum absolute atomic E-state index is 0.429. The van der Waals surface area contributed by atoms with Crippen molar-refractivity contribution in [3.05, 3.63) is 41.6 Å². The highest BCUT2D eigenvalue weighted by Gasteiger charge is 2.41. The van der Waals surface area contributed by atoms with Gasteiger partial charge in [0.25, 0.3) is 0 Å². The molecule has 4 heterocycles. The molecule has 0 aliphatic carbocycles. The maximum atomic E-state index is 6.30. The van der Waals surface area contributed by atoms with E-state index in [1.807, 2.05) is 12.3 Å². The molecular formula is C18H22ClN5. The van der Waals surface area contributed by atoms with E-state index in [0.29, 0.717) is 17.8 Å². The number of hydrogen-bond acceptors (Lipinski definition) is 5. The molecule has 2 atom stereocenters. The quantitative estimate of drug-likeness (QED) is 0.856. The fourth-order valence-electron chi connectivity index (χ4n) is 3.85. The normalized spacial score (nSPS) is 23.2. The molecule has 6 heteroatoms. The number of anilines is 2. The Morgan fingerprint density at radius 1 is 1.08 bits per heavy atom. The van der Waals surface area contributed by atoms with E-state index in [-0.39, 0.29) is 0 Å². The van der Waals surface area contributed by atoms with Crippen LogP contribution in [-0.2, 0) is 0 Å². The van der Waals surface area contributed by atoms with Gasteiger partial charge in [0.1, 0.15) is 12.1 Å². The second kappa shape index (κ2) is 6.20. The van der Waals surface area contributed by atoms with Gasteiger partial charge in [-0.1, -0.05) is 25.4 Å². The largest absolute Gasteiger partial charge is 0.370 e. The molecule has 2 saturated heterocycles. The summed E-state index contributed by atoms with van der Waals surface area (Å²) < 4.78 is 0. The van der Waals surface area contributed by atoms with Gasteiger partial charge in [0, 0.05) is 62.2 Å². The Hall–Kier alpha value is -1.88. The Labute approximate surface area is 147 Å². The van der Waals surface area contributed by atoms with Gasteiger partial charge in [0.15, 0.2) is 0 Å². The highest BCUT2D eigenvalue weighted by molar-refractivity contribution is 6.33. The van der Waals surface area contributed by atoms with E-state index in [1.54, 1.807) is 12.5 Å². The van der Waals surface area contributed by atoms with Crippen LogP contribution >= 0.6 is 11.6 Å². The van der Waals surface area contributed by atoms with Crippen LogP contribution < -0.4 is 9.80 Å². The van der Waals surface area contributed by atoms with Gasteiger partial charge in [-0.05, 0) is 12.0 Å². The Bertz CT molecular complexity index is 721. The molecule has 126 valence electrons. The Morgan fingerprint density at radius 2 is 1.79 bits per heavy atom. The number of halogens is 1. The molecule has 0 amide bonds. The van der Waals surface area contributed by atoms with Crippen LogP contribution in [0.2, 0.25) is 5.02 Å². The number of aromatic nitrogens is 3. The minimum Gasteiger partial charge on any atom is -0.370 e. The molecule has 0 aromatic carbocycles. The van der Waals surface area contributed by atoms with E-state index in [1.165, 1.54) is 0 Å². The zero-order valence-corrected chi connectivity index (χ0v) is 14.8. The third-order valence-electron chi connectivity index (χ3n) is 5.17. The van der Waals surface area contributed by atoms with E-state index in [2.05, 4.69) is 44.7 Å². The second-order valence-electron chi connectivity index (χ2n) is 7.11. The van der Waals surface area contributed by atoms with Gasteiger partial charge in [-0.2, -0.15) is 0 Å². The summed E-state index contributed by atoms with van der Waals surface area (Å²) in [6, 6.07) is 4.16. The molecular weight excluding hydrogens is 322 g/mol. The SMILES string of the molecule is CC(C)c1cc(N2CC3CN(c4ccncc4Cl)CC3C2)ncn1. The lowest BCUT2D eigenvalue weighted by Crippen LogP contribution is -2.29. The zero-order chi connectivity index (χ0) is 16.7. The lowest BCUT2D eigenvalue weighted by Gasteiger charge is -2.24. The average molecular weight is 344 g/mol. The number of fused-ring (bicyclic) bond motifs is 1. The van der Waals surface area contributed by atoms with E-state index >= 15 is 0 Å². The maximum absolute atomic E-state index is 6.30. The number of rotatable bonds is 3. The van der Waals surface area contributed by atoms with Crippen molar-refractivity contribution in [3.8, 4) is 0 Å². The Kier molecular flexibility index (Phi) is 4.04. The predicted molar refractivity (Wildman–Crippen MR) is 96.8 cm³/mol. The van der Waals surface area contributed by atoms with Gasteiger partial charge in [-0.15, -0.1) is 0 Å². The van der Waals surface area contributed by atoms with Gasteiger partial charge in [-0.25, -0.2) is 9.97 Å². The Morgan fingerprint density at radius 3 is 2.46 bits per heavy atom. The second-order valence-corrected chi connectivity index (χ2v) is 7.52. The van der Waals surface area contributed by atoms with Crippen molar-refractivity contribution < 1.29 is 0 Å². The molecule has 2 aliphatic heterocycles. The minimum atomic E-state index is 0.429. The molecule has 0 spiro atoms. The number of hydrogen-bond donors (Lipinski definition) is 0. The van der Waals surface area contributed by atoms with Crippen LogP contribution in [0.25, 0.3) is 0 Å². The molecule has 2 fully saturated rings. The first kappa shape index (κ1) is 15.6. The van der Waals surface area contributed by atoms with Crippen LogP contribution in [0.5, 0.6) is 0 Å². The third kappa shape index (κ3) is 2.81. The summed E-state index contributed by atoms with van der Waals surface area (Å²) in [6.07, 6.45) is 5.24. The first-order valence-corrected chi connectivity index (χ1v) is 8.91. The molecule has 4 rings (SSSR count). The maximum Gasteiger partial charge on any atom is 0.132 e. The lowest BCUT2D eigenvalue weighted by molar-refractivity contribution is 0.533. The fourth-order valence-corrected chi connectivity index (χ4v) is 4.09. The van der Waals surface area contributed by atoms with Crippen LogP contribution in [0.1, 0.15) is 25.5 Å². The van der Waals surface area contributed by atoms with Crippen molar-refractivity contribution >= 4 is 23.1 Å². The number of pyridine rings is 1. The molecule has 0 bridgehead atoms. The molecule has 0 radical (unpaired) electrons. The van der Waals surface area contributed by atoms with Crippen LogP contribution in [0.3, 0.4) is 0 Å². The van der Waals surface area contributed by atoms with Crippen molar-refractivity contribution in [3.63, 3.8) is 0 Å².